The standard InChI is InChI=1S/C11H10O5/c1-2-15-11(14)10(16-7-12)8-3-5-9(13)6-4-8/h2-7,10,13H,1H2. The fourth-order valence-corrected chi connectivity index (χ4v) is 1.12. The van der Waals surface area contributed by atoms with Crippen LogP contribution in [0.15, 0.2) is 37.1 Å². The molecule has 0 aliphatic heterocycles. The van der Waals surface area contributed by atoms with Crippen molar-refractivity contribution in [1.82, 2.24) is 0 Å². The van der Waals surface area contributed by atoms with Crippen molar-refractivity contribution in [2.24, 2.45) is 0 Å². The SMILES string of the molecule is C=COC(=O)C(OC=O)c1ccc(O)cc1. The van der Waals surface area contributed by atoms with Crippen molar-refractivity contribution in [3.63, 3.8) is 0 Å². The number of carbonyl (C=O) groups excluding carboxylic acids is 2. The second kappa shape index (κ2) is 5.55. The van der Waals surface area contributed by atoms with E-state index in [9.17, 15) is 9.59 Å². The van der Waals surface area contributed by atoms with Crippen LogP contribution in [-0.2, 0) is 19.1 Å². The second-order valence-electron chi connectivity index (χ2n) is 2.81. The van der Waals surface area contributed by atoms with Crippen LogP contribution in [0, 0.1) is 0 Å². The molecule has 0 saturated carbocycles. The van der Waals surface area contributed by atoms with Crippen molar-refractivity contribution in [3.05, 3.63) is 42.7 Å². The molecule has 1 aromatic rings. The summed E-state index contributed by atoms with van der Waals surface area (Å²) in [4.78, 5) is 21.6. The predicted molar refractivity (Wildman–Crippen MR) is 54.3 cm³/mol. The number of aromatic hydroxyl groups is 1. The molecule has 16 heavy (non-hydrogen) atoms. The number of ether oxygens (including phenoxy) is 2. The van der Waals surface area contributed by atoms with Gasteiger partial charge >= 0.3 is 5.97 Å². The van der Waals surface area contributed by atoms with Crippen LogP contribution < -0.4 is 0 Å². The van der Waals surface area contributed by atoms with Crippen LogP contribution in [-0.4, -0.2) is 17.5 Å². The minimum Gasteiger partial charge on any atom is -0.508 e. The van der Waals surface area contributed by atoms with Gasteiger partial charge in [0.05, 0.1) is 6.26 Å². The number of benzene rings is 1. The fourth-order valence-electron chi connectivity index (χ4n) is 1.12. The highest BCUT2D eigenvalue weighted by Crippen LogP contribution is 2.20. The average molecular weight is 222 g/mol. The van der Waals surface area contributed by atoms with Gasteiger partial charge in [-0.3, -0.25) is 4.79 Å². The average Bonchev–Trinajstić information content (AvgIpc) is 2.28. The van der Waals surface area contributed by atoms with Crippen molar-refractivity contribution in [1.29, 1.82) is 0 Å². The molecule has 0 fully saturated rings. The van der Waals surface area contributed by atoms with Gasteiger partial charge in [-0.2, -0.15) is 0 Å². The summed E-state index contributed by atoms with van der Waals surface area (Å²) < 4.78 is 9.12. The molecule has 0 amide bonds. The summed E-state index contributed by atoms with van der Waals surface area (Å²) in [6.45, 7) is 3.38. The first-order valence-corrected chi connectivity index (χ1v) is 4.38. The van der Waals surface area contributed by atoms with Crippen LogP contribution >= 0.6 is 0 Å². The van der Waals surface area contributed by atoms with Gasteiger partial charge in [-0.05, 0) is 12.1 Å². The third-order valence-electron chi connectivity index (χ3n) is 1.80. The molecule has 0 aromatic heterocycles. The van der Waals surface area contributed by atoms with E-state index in [-0.39, 0.29) is 12.2 Å². The molecule has 84 valence electrons. The lowest BCUT2D eigenvalue weighted by Crippen LogP contribution is -2.16. The van der Waals surface area contributed by atoms with E-state index < -0.39 is 12.1 Å². The van der Waals surface area contributed by atoms with Gasteiger partial charge in [0.25, 0.3) is 6.47 Å². The molecule has 0 saturated heterocycles. The lowest BCUT2D eigenvalue weighted by molar-refractivity contribution is -0.157. The quantitative estimate of drug-likeness (QED) is 0.461. The van der Waals surface area contributed by atoms with E-state index in [1.54, 1.807) is 0 Å². The van der Waals surface area contributed by atoms with E-state index in [0.29, 0.717) is 5.56 Å². The van der Waals surface area contributed by atoms with E-state index in [4.69, 9.17) is 5.11 Å². The van der Waals surface area contributed by atoms with Gasteiger partial charge in [-0.25, -0.2) is 4.79 Å². The summed E-state index contributed by atoms with van der Waals surface area (Å²) in [5, 5.41) is 9.07. The molecular formula is C11H10O5. The lowest BCUT2D eigenvalue weighted by atomic mass is 10.1. The molecule has 1 rings (SSSR count). The van der Waals surface area contributed by atoms with Crippen molar-refractivity contribution in [2.45, 2.75) is 6.10 Å². The Morgan fingerprint density at radius 2 is 2.00 bits per heavy atom. The summed E-state index contributed by atoms with van der Waals surface area (Å²) >= 11 is 0. The Labute approximate surface area is 91.9 Å². The minimum atomic E-state index is -1.16. The molecule has 0 spiro atoms. The molecule has 1 N–H and O–H groups in total. The maximum Gasteiger partial charge on any atom is 0.357 e. The number of carbonyl (C=O) groups is 2. The molecule has 0 aliphatic rings. The Morgan fingerprint density at radius 1 is 1.38 bits per heavy atom. The summed E-state index contributed by atoms with van der Waals surface area (Å²) in [6, 6.07) is 5.65. The Morgan fingerprint density at radius 3 is 2.50 bits per heavy atom. The van der Waals surface area contributed by atoms with Crippen molar-refractivity contribution >= 4 is 12.4 Å². The summed E-state index contributed by atoms with van der Waals surface area (Å²) in [6.07, 6.45) is -0.208. The van der Waals surface area contributed by atoms with Gasteiger partial charge in [0.2, 0.25) is 6.10 Å². The molecule has 1 atom stereocenters. The molecule has 0 radical (unpaired) electrons. The molecule has 0 heterocycles. The van der Waals surface area contributed by atoms with Gasteiger partial charge < -0.3 is 14.6 Å². The summed E-state index contributed by atoms with van der Waals surface area (Å²) in [5.41, 5.74) is 0.400. The largest absolute Gasteiger partial charge is 0.508 e. The number of hydrogen-bond donors (Lipinski definition) is 1. The van der Waals surface area contributed by atoms with E-state index >= 15 is 0 Å². The number of phenols is 1. The summed E-state index contributed by atoms with van der Waals surface area (Å²) in [5.74, 6) is -0.710. The highest BCUT2D eigenvalue weighted by Gasteiger charge is 2.23. The van der Waals surface area contributed by atoms with Crippen LogP contribution in [0.25, 0.3) is 0 Å². The Kier molecular flexibility index (Phi) is 4.08. The van der Waals surface area contributed by atoms with Crippen molar-refractivity contribution in [3.8, 4) is 5.75 Å². The van der Waals surface area contributed by atoms with Crippen LogP contribution in [0.1, 0.15) is 11.7 Å². The van der Waals surface area contributed by atoms with Gasteiger partial charge in [-0.1, -0.05) is 18.7 Å². The third-order valence-corrected chi connectivity index (χ3v) is 1.80. The second-order valence-corrected chi connectivity index (χ2v) is 2.81. The first-order chi connectivity index (χ1) is 7.69. The van der Waals surface area contributed by atoms with Gasteiger partial charge in [0.15, 0.2) is 0 Å². The van der Waals surface area contributed by atoms with Gasteiger partial charge in [0.1, 0.15) is 5.75 Å². The zero-order chi connectivity index (χ0) is 12.0. The number of hydrogen-bond acceptors (Lipinski definition) is 5. The molecular weight excluding hydrogens is 212 g/mol. The minimum absolute atomic E-state index is 0.0469. The molecule has 0 bridgehead atoms. The number of phenolic OH excluding ortho intramolecular Hbond substituents is 1. The number of esters is 1. The highest BCUT2D eigenvalue weighted by molar-refractivity contribution is 5.78. The monoisotopic (exact) mass is 222 g/mol. The van der Waals surface area contributed by atoms with Gasteiger partial charge in [0, 0.05) is 5.56 Å². The van der Waals surface area contributed by atoms with E-state index in [0.717, 1.165) is 6.26 Å². The van der Waals surface area contributed by atoms with E-state index in [1.165, 1.54) is 24.3 Å². The maximum atomic E-state index is 11.4. The zero-order valence-corrected chi connectivity index (χ0v) is 8.33. The first kappa shape index (κ1) is 11.8. The lowest BCUT2D eigenvalue weighted by Gasteiger charge is -2.12. The maximum absolute atomic E-state index is 11.4. The smallest absolute Gasteiger partial charge is 0.357 e. The molecule has 0 aliphatic carbocycles. The van der Waals surface area contributed by atoms with E-state index in [2.05, 4.69) is 16.1 Å². The fraction of sp³-hybridized carbons (Fsp3) is 0.0909. The Hall–Kier alpha value is -2.30. The van der Waals surface area contributed by atoms with Crippen molar-refractivity contribution in [2.75, 3.05) is 0 Å². The molecule has 5 heteroatoms. The van der Waals surface area contributed by atoms with E-state index in [1.807, 2.05) is 0 Å². The topological polar surface area (TPSA) is 72.8 Å². The highest BCUT2D eigenvalue weighted by atomic mass is 16.6. The molecule has 1 aromatic carbocycles. The van der Waals surface area contributed by atoms with Crippen LogP contribution in [0.5, 0.6) is 5.75 Å². The first-order valence-electron chi connectivity index (χ1n) is 4.38. The Bertz CT molecular complexity index is 382. The number of rotatable bonds is 5. The Balaban J connectivity index is 2.92. The molecule has 1 unspecified atom stereocenters. The van der Waals surface area contributed by atoms with Crippen LogP contribution in [0.3, 0.4) is 0 Å². The normalized spacial score (nSPS) is 11.2. The van der Waals surface area contributed by atoms with Crippen LogP contribution in [0.2, 0.25) is 0 Å². The third kappa shape index (κ3) is 2.84. The van der Waals surface area contributed by atoms with Gasteiger partial charge in [-0.15, -0.1) is 0 Å². The summed E-state index contributed by atoms with van der Waals surface area (Å²) in [7, 11) is 0. The predicted octanol–water partition coefficient (Wildman–Crippen LogP) is 1.29. The zero-order valence-electron chi connectivity index (χ0n) is 8.33. The van der Waals surface area contributed by atoms with Crippen LogP contribution in [0.4, 0.5) is 0 Å². The molecule has 5 nitrogen and oxygen atoms in total. The van der Waals surface area contributed by atoms with Crippen molar-refractivity contribution < 1.29 is 24.2 Å².